The third-order valence-electron chi connectivity index (χ3n) is 6.12. The topological polar surface area (TPSA) is 82.2 Å². The summed E-state index contributed by atoms with van der Waals surface area (Å²) in [5.74, 6) is 2.07. The molecule has 0 amide bonds. The van der Waals surface area contributed by atoms with Crippen LogP contribution in [0.5, 0.6) is 0 Å². The molecule has 1 aromatic heterocycles. The summed E-state index contributed by atoms with van der Waals surface area (Å²) in [6, 6.07) is 2.36. The summed E-state index contributed by atoms with van der Waals surface area (Å²) in [5.41, 5.74) is -0.782. The number of Topliss-reactive ketones (excluding diaryl/α,β-unsaturated/α-hetero) is 1. The second-order valence-corrected chi connectivity index (χ2v) is 7.73. The van der Waals surface area contributed by atoms with Gasteiger partial charge in [-0.15, -0.1) is 0 Å². The zero-order valence-corrected chi connectivity index (χ0v) is 12.9. The van der Waals surface area contributed by atoms with Crippen LogP contribution in [0.15, 0.2) is 23.1 Å². The smallest absolute Gasteiger partial charge is 0.285 e. The van der Waals surface area contributed by atoms with Gasteiger partial charge >= 0.3 is 0 Å². The van der Waals surface area contributed by atoms with Gasteiger partial charge in [0.15, 0.2) is 5.78 Å². The van der Waals surface area contributed by atoms with E-state index in [2.05, 4.69) is 0 Å². The Balaban J connectivity index is 1.60. The number of rotatable bonds is 4. The summed E-state index contributed by atoms with van der Waals surface area (Å²) in [7, 11) is 0. The van der Waals surface area contributed by atoms with Crippen LogP contribution in [0.1, 0.15) is 38.5 Å². The van der Waals surface area contributed by atoms with Gasteiger partial charge in [-0.25, -0.2) is 0 Å². The summed E-state index contributed by atoms with van der Waals surface area (Å²) < 4.78 is 1.21. The molecule has 6 nitrogen and oxygen atoms in total. The van der Waals surface area contributed by atoms with Crippen molar-refractivity contribution in [3.05, 3.63) is 38.8 Å². The first-order valence-corrected chi connectivity index (χ1v) is 8.33. The fourth-order valence-corrected chi connectivity index (χ4v) is 5.52. The number of hydrogen-bond donors (Lipinski definition) is 0. The Labute approximate surface area is 133 Å². The zero-order valence-electron chi connectivity index (χ0n) is 12.9. The third-order valence-corrected chi connectivity index (χ3v) is 6.12. The molecular formula is C17H20N2O4. The molecule has 0 aliphatic heterocycles. The number of nitrogens with zero attached hydrogens (tertiary/aromatic N) is 2. The van der Waals surface area contributed by atoms with E-state index in [1.165, 1.54) is 42.2 Å². The van der Waals surface area contributed by atoms with Crippen LogP contribution in [0.25, 0.3) is 0 Å². The maximum atomic E-state index is 13.0. The van der Waals surface area contributed by atoms with Gasteiger partial charge in [-0.2, -0.15) is 0 Å². The van der Waals surface area contributed by atoms with Crippen molar-refractivity contribution < 1.29 is 9.72 Å². The lowest BCUT2D eigenvalue weighted by molar-refractivity contribution is -0.385. The van der Waals surface area contributed by atoms with E-state index < -0.39 is 4.92 Å². The van der Waals surface area contributed by atoms with Gasteiger partial charge in [-0.05, 0) is 56.3 Å². The van der Waals surface area contributed by atoms with Crippen LogP contribution in [-0.4, -0.2) is 15.3 Å². The van der Waals surface area contributed by atoms with E-state index in [0.29, 0.717) is 17.8 Å². The lowest BCUT2D eigenvalue weighted by Gasteiger charge is -2.56. The Morgan fingerprint density at radius 2 is 1.74 bits per heavy atom. The zero-order chi connectivity index (χ0) is 16.2. The molecule has 0 spiro atoms. The number of carbonyl (C=O) groups is 1. The molecule has 4 aliphatic carbocycles. The van der Waals surface area contributed by atoms with Crippen molar-refractivity contribution in [3.8, 4) is 0 Å². The fraction of sp³-hybridized carbons (Fsp3) is 0.647. The van der Waals surface area contributed by atoms with E-state index in [-0.39, 0.29) is 29.0 Å². The molecule has 4 saturated carbocycles. The minimum absolute atomic E-state index is 0.0350. The molecule has 4 bridgehead atoms. The van der Waals surface area contributed by atoms with Gasteiger partial charge in [0.25, 0.3) is 11.2 Å². The summed E-state index contributed by atoms with van der Waals surface area (Å²) in [5, 5.41) is 10.9. The molecule has 6 heteroatoms. The molecule has 5 rings (SSSR count). The highest BCUT2D eigenvalue weighted by atomic mass is 16.6. The summed E-state index contributed by atoms with van der Waals surface area (Å²) in [6.45, 7) is -0.0350. The van der Waals surface area contributed by atoms with Crippen molar-refractivity contribution in [1.29, 1.82) is 0 Å². The Bertz CT molecular complexity index is 701. The van der Waals surface area contributed by atoms with Crippen molar-refractivity contribution in [1.82, 2.24) is 4.57 Å². The predicted molar refractivity (Wildman–Crippen MR) is 83.0 cm³/mol. The molecule has 4 fully saturated rings. The second kappa shape index (κ2) is 5.01. The van der Waals surface area contributed by atoms with Crippen molar-refractivity contribution in [2.75, 3.05) is 0 Å². The van der Waals surface area contributed by atoms with Gasteiger partial charge in [0.2, 0.25) is 0 Å². The Morgan fingerprint density at radius 1 is 1.17 bits per heavy atom. The van der Waals surface area contributed by atoms with Gasteiger partial charge in [0.1, 0.15) is 0 Å². The van der Waals surface area contributed by atoms with Crippen LogP contribution in [0.2, 0.25) is 0 Å². The highest BCUT2D eigenvalue weighted by Crippen LogP contribution is 2.60. The standard InChI is InChI=1S/C17H20N2O4/c20-15(10-18-9-14(19(22)23)1-2-16(18)21)17-6-11-3-12(7-17)5-13(4-11)8-17/h1-2,9,11-13H,3-8,10H2. The lowest BCUT2D eigenvalue weighted by Crippen LogP contribution is -2.51. The lowest BCUT2D eigenvalue weighted by atomic mass is 9.48. The molecule has 0 saturated heterocycles. The highest BCUT2D eigenvalue weighted by Gasteiger charge is 2.54. The first-order valence-electron chi connectivity index (χ1n) is 8.33. The summed E-state index contributed by atoms with van der Waals surface area (Å²) in [4.78, 5) is 35.3. The number of carbonyl (C=O) groups excluding carboxylic acids is 1. The summed E-state index contributed by atoms with van der Waals surface area (Å²) >= 11 is 0. The van der Waals surface area contributed by atoms with E-state index >= 15 is 0 Å². The van der Waals surface area contributed by atoms with E-state index in [4.69, 9.17) is 0 Å². The number of hydrogen-bond acceptors (Lipinski definition) is 4. The van der Waals surface area contributed by atoms with Crippen molar-refractivity contribution in [3.63, 3.8) is 0 Å². The molecule has 4 aliphatic rings. The van der Waals surface area contributed by atoms with Gasteiger partial charge in [-0.1, -0.05) is 0 Å². The molecule has 1 aromatic rings. The molecular weight excluding hydrogens is 296 g/mol. The third kappa shape index (κ3) is 2.40. The minimum Gasteiger partial charge on any atom is -0.301 e. The Morgan fingerprint density at radius 3 is 2.26 bits per heavy atom. The van der Waals surface area contributed by atoms with Crippen LogP contribution in [0.3, 0.4) is 0 Å². The first kappa shape index (κ1) is 14.6. The quantitative estimate of drug-likeness (QED) is 0.631. The number of aromatic nitrogens is 1. The summed E-state index contributed by atoms with van der Waals surface area (Å²) in [6.07, 6.45) is 7.79. The fourth-order valence-electron chi connectivity index (χ4n) is 5.52. The molecule has 23 heavy (non-hydrogen) atoms. The minimum atomic E-state index is -0.537. The van der Waals surface area contributed by atoms with Crippen LogP contribution in [0, 0.1) is 33.3 Å². The average molecular weight is 316 g/mol. The largest absolute Gasteiger partial charge is 0.301 e. The molecule has 0 aromatic carbocycles. The maximum Gasteiger partial charge on any atom is 0.285 e. The predicted octanol–water partition coefficient (Wildman–Crippen LogP) is 2.54. The highest BCUT2D eigenvalue weighted by molar-refractivity contribution is 5.85. The second-order valence-electron chi connectivity index (χ2n) is 7.73. The van der Waals surface area contributed by atoms with Gasteiger partial charge < -0.3 is 4.57 Å². The Kier molecular flexibility index (Phi) is 3.18. The normalized spacial score (nSPS) is 34.5. The molecule has 0 N–H and O–H groups in total. The van der Waals surface area contributed by atoms with Crippen LogP contribution in [-0.2, 0) is 11.3 Å². The number of pyridine rings is 1. The Hall–Kier alpha value is -1.98. The molecule has 0 atom stereocenters. The van der Waals surface area contributed by atoms with Crippen molar-refractivity contribution in [2.45, 2.75) is 45.1 Å². The maximum absolute atomic E-state index is 13.0. The van der Waals surface area contributed by atoms with Gasteiger partial charge in [0, 0.05) is 17.5 Å². The van der Waals surface area contributed by atoms with Gasteiger partial charge in [0.05, 0.1) is 17.7 Å². The monoisotopic (exact) mass is 316 g/mol. The average Bonchev–Trinajstić information content (AvgIpc) is 2.47. The number of ketones is 1. The number of nitro groups is 1. The first-order chi connectivity index (χ1) is 10.9. The van der Waals surface area contributed by atoms with E-state index in [9.17, 15) is 19.7 Å². The molecule has 1 heterocycles. The van der Waals surface area contributed by atoms with E-state index in [0.717, 1.165) is 19.3 Å². The van der Waals surface area contributed by atoms with E-state index in [1.807, 2.05) is 0 Å². The molecule has 0 unspecified atom stereocenters. The van der Waals surface area contributed by atoms with Gasteiger partial charge in [-0.3, -0.25) is 19.7 Å². The van der Waals surface area contributed by atoms with E-state index in [1.54, 1.807) is 0 Å². The van der Waals surface area contributed by atoms with Crippen LogP contribution >= 0.6 is 0 Å². The van der Waals surface area contributed by atoms with Crippen LogP contribution in [0.4, 0.5) is 5.69 Å². The molecule has 0 radical (unpaired) electrons. The SMILES string of the molecule is O=C(Cn1cc([N+](=O)[O-])ccc1=O)C12CC3CC(CC(C3)C1)C2. The van der Waals surface area contributed by atoms with Crippen molar-refractivity contribution >= 4 is 11.5 Å². The van der Waals surface area contributed by atoms with Crippen molar-refractivity contribution in [2.24, 2.45) is 23.2 Å². The molecule has 122 valence electrons. The van der Waals surface area contributed by atoms with Crippen LogP contribution < -0.4 is 5.56 Å².